The fraction of sp³-hybridized carbons (Fsp3) is 0.438. The van der Waals surface area contributed by atoms with Crippen molar-refractivity contribution < 1.29 is 4.79 Å². The van der Waals surface area contributed by atoms with Gasteiger partial charge in [0.25, 0.3) is 0 Å². The van der Waals surface area contributed by atoms with Gasteiger partial charge in [-0.05, 0) is 18.4 Å². The molecule has 0 bridgehead atoms. The van der Waals surface area contributed by atoms with Gasteiger partial charge >= 0.3 is 0 Å². The van der Waals surface area contributed by atoms with Crippen molar-refractivity contribution in [1.82, 2.24) is 4.98 Å². The summed E-state index contributed by atoms with van der Waals surface area (Å²) in [5, 5.41) is 1.01. The number of aromatic nitrogens is 1. The number of fused-ring (bicyclic) bond motifs is 1. The lowest BCUT2D eigenvalue weighted by atomic mass is 9.96. The van der Waals surface area contributed by atoms with Crippen molar-refractivity contribution in [3.05, 3.63) is 29.8 Å². The monoisotopic (exact) mass is 258 g/mol. The fourth-order valence-corrected chi connectivity index (χ4v) is 2.56. The minimum absolute atomic E-state index is 0.105. The van der Waals surface area contributed by atoms with Crippen LogP contribution in [-0.2, 0) is 0 Å². The van der Waals surface area contributed by atoms with Crippen LogP contribution in [0.3, 0.4) is 0 Å². The summed E-state index contributed by atoms with van der Waals surface area (Å²) in [6.07, 6.45) is 0. The molecule has 0 fully saturated rings. The number of hydrogen-bond acceptors (Lipinski definition) is 2. The van der Waals surface area contributed by atoms with Crippen molar-refractivity contribution in [2.24, 2.45) is 5.41 Å². The molecular weight excluding hydrogens is 236 g/mol. The summed E-state index contributed by atoms with van der Waals surface area (Å²) in [5.74, 6) is 1.02. The van der Waals surface area contributed by atoms with Gasteiger partial charge in [-0.25, -0.2) is 0 Å². The largest absolute Gasteiger partial charge is 0.360 e. The number of carbonyl (C=O) groups is 1. The second-order valence-corrected chi connectivity index (χ2v) is 6.37. The highest BCUT2D eigenvalue weighted by Crippen LogP contribution is 2.30. The van der Waals surface area contributed by atoms with Crippen LogP contribution in [0.1, 0.15) is 38.1 Å². The predicted molar refractivity (Wildman–Crippen MR) is 81.0 cm³/mol. The maximum Gasteiger partial charge on any atom is 0.164 e. The van der Waals surface area contributed by atoms with E-state index in [9.17, 15) is 4.79 Å². The number of nitrogens with one attached hydrogen (secondary N) is 1. The van der Waals surface area contributed by atoms with Crippen LogP contribution in [-0.4, -0.2) is 24.4 Å². The maximum absolute atomic E-state index is 12.0. The molecule has 0 atom stereocenters. The molecular formula is C16H22N2O. The Morgan fingerprint density at radius 1 is 1.26 bits per heavy atom. The minimum Gasteiger partial charge on any atom is -0.360 e. The molecule has 0 amide bonds. The predicted octanol–water partition coefficient (Wildman–Crippen LogP) is 3.85. The van der Waals surface area contributed by atoms with Crippen molar-refractivity contribution in [3.63, 3.8) is 0 Å². The van der Waals surface area contributed by atoms with E-state index in [1.165, 1.54) is 0 Å². The molecule has 1 aromatic heterocycles. The molecule has 0 aliphatic rings. The smallest absolute Gasteiger partial charge is 0.164 e. The van der Waals surface area contributed by atoms with Crippen LogP contribution in [0.5, 0.6) is 0 Å². The quantitative estimate of drug-likeness (QED) is 0.849. The third-order valence-electron chi connectivity index (χ3n) is 3.13. The van der Waals surface area contributed by atoms with E-state index in [0.717, 1.165) is 28.8 Å². The number of ketones is 1. The van der Waals surface area contributed by atoms with Crippen LogP contribution < -0.4 is 4.90 Å². The number of carbonyl (C=O) groups excluding carboxylic acids is 1. The Labute approximate surface area is 114 Å². The fourth-order valence-electron chi connectivity index (χ4n) is 2.56. The van der Waals surface area contributed by atoms with E-state index in [4.69, 9.17) is 0 Å². The Morgan fingerprint density at radius 3 is 2.47 bits per heavy atom. The maximum atomic E-state index is 12.0. The molecule has 0 spiro atoms. The topological polar surface area (TPSA) is 36.1 Å². The summed E-state index contributed by atoms with van der Waals surface area (Å²) in [6, 6.07) is 7.96. The van der Waals surface area contributed by atoms with Gasteiger partial charge in [0, 0.05) is 24.5 Å². The zero-order valence-electron chi connectivity index (χ0n) is 12.4. The van der Waals surface area contributed by atoms with Crippen LogP contribution in [0.25, 0.3) is 10.9 Å². The first-order chi connectivity index (χ1) is 8.79. The number of nitrogens with zero attached hydrogens (tertiary/aromatic N) is 1. The summed E-state index contributed by atoms with van der Waals surface area (Å²) in [4.78, 5) is 17.5. The molecule has 1 heterocycles. The third kappa shape index (κ3) is 2.80. The molecule has 102 valence electrons. The molecule has 0 aliphatic carbocycles. The second-order valence-electron chi connectivity index (χ2n) is 6.37. The van der Waals surface area contributed by atoms with E-state index in [0.29, 0.717) is 0 Å². The van der Waals surface area contributed by atoms with E-state index in [1.54, 1.807) is 6.92 Å². The number of rotatable bonds is 3. The number of Topliss-reactive ketones (excluding diaryl/α,β-unsaturated/α-hetero) is 1. The first kappa shape index (κ1) is 13.7. The average Bonchev–Trinajstić information content (AvgIpc) is 2.65. The molecule has 0 saturated heterocycles. The lowest BCUT2D eigenvalue weighted by Crippen LogP contribution is -2.30. The normalized spacial score (nSPS) is 11.8. The Kier molecular flexibility index (Phi) is 3.40. The number of anilines is 1. The van der Waals surface area contributed by atoms with Crippen LogP contribution in [0, 0.1) is 5.41 Å². The van der Waals surface area contributed by atoms with Crippen molar-refractivity contribution >= 4 is 22.5 Å². The van der Waals surface area contributed by atoms with Crippen LogP contribution in [0.4, 0.5) is 5.82 Å². The third-order valence-corrected chi connectivity index (χ3v) is 3.13. The van der Waals surface area contributed by atoms with E-state index in [1.807, 2.05) is 31.3 Å². The van der Waals surface area contributed by atoms with Crippen LogP contribution >= 0.6 is 0 Å². The summed E-state index contributed by atoms with van der Waals surface area (Å²) in [7, 11) is 2.03. The van der Waals surface area contributed by atoms with Crippen molar-refractivity contribution in [2.75, 3.05) is 18.5 Å². The molecule has 0 radical (unpaired) electrons. The average molecular weight is 258 g/mol. The molecule has 2 aromatic rings. The summed E-state index contributed by atoms with van der Waals surface area (Å²) >= 11 is 0. The molecule has 1 N–H and O–H groups in total. The van der Waals surface area contributed by atoms with Gasteiger partial charge in [-0.3, -0.25) is 4.79 Å². The molecule has 0 aliphatic heterocycles. The molecule has 2 rings (SSSR count). The van der Waals surface area contributed by atoms with Gasteiger partial charge in [-0.1, -0.05) is 39.0 Å². The Hall–Kier alpha value is -1.77. The Morgan fingerprint density at radius 2 is 1.89 bits per heavy atom. The van der Waals surface area contributed by atoms with Gasteiger partial charge in [0.1, 0.15) is 5.82 Å². The molecule has 0 saturated carbocycles. The number of H-pyrrole nitrogens is 1. The van der Waals surface area contributed by atoms with E-state index >= 15 is 0 Å². The SMILES string of the molecule is CC(=O)c1c(N(C)CC(C)(C)C)[nH]c2ccccc12. The highest BCUT2D eigenvalue weighted by atomic mass is 16.1. The van der Waals surface area contributed by atoms with Crippen LogP contribution in [0.15, 0.2) is 24.3 Å². The lowest BCUT2D eigenvalue weighted by molar-refractivity contribution is 0.101. The molecule has 3 heteroatoms. The standard InChI is InChI=1S/C16H22N2O/c1-11(19)14-12-8-6-7-9-13(12)17-15(14)18(5)10-16(2,3)4/h6-9,17H,10H2,1-5H3. The molecule has 19 heavy (non-hydrogen) atoms. The first-order valence-electron chi connectivity index (χ1n) is 6.62. The minimum atomic E-state index is 0.105. The highest BCUT2D eigenvalue weighted by Gasteiger charge is 2.21. The van der Waals surface area contributed by atoms with E-state index in [2.05, 4.69) is 30.7 Å². The van der Waals surface area contributed by atoms with Crippen molar-refractivity contribution in [2.45, 2.75) is 27.7 Å². The summed E-state index contributed by atoms with van der Waals surface area (Å²) < 4.78 is 0. The van der Waals surface area contributed by atoms with Gasteiger partial charge in [-0.15, -0.1) is 0 Å². The Bertz CT molecular complexity index is 605. The van der Waals surface area contributed by atoms with Gasteiger partial charge in [0.2, 0.25) is 0 Å². The zero-order valence-corrected chi connectivity index (χ0v) is 12.4. The summed E-state index contributed by atoms with van der Waals surface area (Å²) in [5.41, 5.74) is 1.99. The van der Waals surface area contributed by atoms with Gasteiger partial charge in [0.05, 0.1) is 5.56 Å². The molecule has 3 nitrogen and oxygen atoms in total. The van der Waals surface area contributed by atoms with Crippen molar-refractivity contribution in [1.29, 1.82) is 0 Å². The van der Waals surface area contributed by atoms with Gasteiger partial charge in [-0.2, -0.15) is 0 Å². The van der Waals surface area contributed by atoms with Crippen LogP contribution in [0.2, 0.25) is 0 Å². The zero-order chi connectivity index (χ0) is 14.2. The van der Waals surface area contributed by atoms with E-state index in [-0.39, 0.29) is 11.2 Å². The number of para-hydroxylation sites is 1. The number of aromatic amines is 1. The molecule has 0 unspecified atom stereocenters. The first-order valence-corrected chi connectivity index (χ1v) is 6.62. The Balaban J connectivity index is 2.53. The highest BCUT2D eigenvalue weighted by molar-refractivity contribution is 6.11. The van der Waals surface area contributed by atoms with E-state index < -0.39 is 0 Å². The molecule has 1 aromatic carbocycles. The summed E-state index contributed by atoms with van der Waals surface area (Å²) in [6.45, 7) is 9.10. The number of hydrogen-bond donors (Lipinski definition) is 1. The van der Waals surface area contributed by atoms with Gasteiger partial charge < -0.3 is 9.88 Å². The van der Waals surface area contributed by atoms with Crippen molar-refractivity contribution in [3.8, 4) is 0 Å². The van der Waals surface area contributed by atoms with Gasteiger partial charge in [0.15, 0.2) is 5.78 Å². The lowest BCUT2D eigenvalue weighted by Gasteiger charge is -2.27. The second kappa shape index (κ2) is 4.72. The number of benzene rings is 1.